The minimum Gasteiger partial charge on any atom is -0.335 e. The molecule has 0 atom stereocenters. The first-order chi connectivity index (χ1) is 8.54. The van der Waals surface area contributed by atoms with E-state index < -0.39 is 0 Å². The smallest absolute Gasteiger partial charge is 0.110 e. The first-order valence-corrected chi connectivity index (χ1v) is 7.33. The summed E-state index contributed by atoms with van der Waals surface area (Å²) in [5.41, 5.74) is 6.56. The van der Waals surface area contributed by atoms with Gasteiger partial charge in [0.2, 0.25) is 0 Å². The molecule has 3 heteroatoms. The maximum Gasteiger partial charge on any atom is 0.110 e. The van der Waals surface area contributed by atoms with Gasteiger partial charge in [-0.2, -0.15) is 0 Å². The molecule has 0 bridgehead atoms. The molecule has 1 heterocycles. The molecule has 0 radical (unpaired) electrons. The number of aromatic nitrogens is 2. The summed E-state index contributed by atoms with van der Waals surface area (Å²) in [6.07, 6.45) is 9.72. The van der Waals surface area contributed by atoms with Crippen molar-refractivity contribution in [1.82, 2.24) is 9.55 Å². The van der Waals surface area contributed by atoms with Crippen LogP contribution < -0.4 is 5.73 Å². The topological polar surface area (TPSA) is 43.8 Å². The minimum absolute atomic E-state index is 0.0241. The lowest BCUT2D eigenvalue weighted by atomic mass is 9.72. The third-order valence-electron chi connectivity index (χ3n) is 4.62. The van der Waals surface area contributed by atoms with Crippen molar-refractivity contribution >= 4 is 0 Å². The predicted octanol–water partition coefficient (Wildman–Crippen LogP) is 2.99. The number of aryl methyl sites for hydroxylation is 1. The van der Waals surface area contributed by atoms with Gasteiger partial charge < -0.3 is 10.3 Å². The fourth-order valence-electron chi connectivity index (χ4n) is 3.17. The average Bonchev–Trinajstić information content (AvgIpc) is 2.76. The normalized spacial score (nSPS) is 28.8. The number of nitrogens with two attached hydrogens (primary N) is 1. The molecule has 2 rings (SSSR count). The van der Waals surface area contributed by atoms with Crippen LogP contribution in [0.25, 0.3) is 0 Å². The van der Waals surface area contributed by atoms with Gasteiger partial charge in [-0.3, -0.25) is 0 Å². The van der Waals surface area contributed by atoms with Gasteiger partial charge >= 0.3 is 0 Å². The van der Waals surface area contributed by atoms with Gasteiger partial charge in [-0.15, -0.1) is 0 Å². The summed E-state index contributed by atoms with van der Waals surface area (Å²) in [4.78, 5) is 4.46. The maximum atomic E-state index is 6.58. The molecule has 102 valence electrons. The Bertz CT molecular complexity index is 373. The summed E-state index contributed by atoms with van der Waals surface area (Å²) < 4.78 is 2.21. The van der Waals surface area contributed by atoms with Crippen molar-refractivity contribution in [3.63, 3.8) is 0 Å². The van der Waals surface area contributed by atoms with Crippen molar-refractivity contribution < 1.29 is 0 Å². The molecule has 1 aliphatic rings. The zero-order valence-corrected chi connectivity index (χ0v) is 12.0. The van der Waals surface area contributed by atoms with Gasteiger partial charge in [-0.1, -0.05) is 13.8 Å². The quantitative estimate of drug-likeness (QED) is 0.891. The van der Waals surface area contributed by atoms with Crippen LogP contribution in [0.15, 0.2) is 12.4 Å². The zero-order valence-electron chi connectivity index (χ0n) is 12.0. The molecule has 0 aliphatic heterocycles. The van der Waals surface area contributed by atoms with Crippen LogP contribution in [0.1, 0.15) is 52.3 Å². The molecule has 0 saturated heterocycles. The summed E-state index contributed by atoms with van der Waals surface area (Å²) in [7, 11) is 0. The molecule has 1 aromatic rings. The zero-order chi connectivity index (χ0) is 13.2. The van der Waals surface area contributed by atoms with E-state index in [-0.39, 0.29) is 5.54 Å². The van der Waals surface area contributed by atoms with E-state index in [9.17, 15) is 0 Å². The highest BCUT2D eigenvalue weighted by Gasteiger charge is 2.33. The highest BCUT2D eigenvalue weighted by molar-refractivity contribution is 5.02. The van der Waals surface area contributed by atoms with E-state index >= 15 is 0 Å². The monoisotopic (exact) mass is 249 g/mol. The van der Waals surface area contributed by atoms with Crippen molar-refractivity contribution in [2.45, 2.75) is 65.0 Å². The summed E-state index contributed by atoms with van der Waals surface area (Å²) in [6.45, 7) is 7.81. The van der Waals surface area contributed by atoms with Crippen LogP contribution in [0.4, 0.5) is 0 Å². The van der Waals surface area contributed by atoms with Gasteiger partial charge in [0.25, 0.3) is 0 Å². The molecule has 0 spiro atoms. The standard InChI is InChI=1S/C15H27N3/c1-4-18-10-9-17-14(18)11-15(16)7-5-13(6-8-15)12(2)3/h9-10,12-13H,4-8,11,16H2,1-3H3. The van der Waals surface area contributed by atoms with E-state index in [1.54, 1.807) is 0 Å². The van der Waals surface area contributed by atoms with E-state index in [1.165, 1.54) is 12.8 Å². The van der Waals surface area contributed by atoms with Gasteiger partial charge in [-0.05, 0) is 44.4 Å². The van der Waals surface area contributed by atoms with Gasteiger partial charge in [0.15, 0.2) is 0 Å². The Kier molecular flexibility index (Phi) is 4.10. The predicted molar refractivity (Wildman–Crippen MR) is 75.3 cm³/mol. The Morgan fingerprint density at radius 3 is 2.67 bits per heavy atom. The Hall–Kier alpha value is -0.830. The number of imidazole rings is 1. The fourth-order valence-corrected chi connectivity index (χ4v) is 3.17. The lowest BCUT2D eigenvalue weighted by molar-refractivity contribution is 0.191. The molecule has 1 fully saturated rings. The van der Waals surface area contributed by atoms with Crippen molar-refractivity contribution in [1.29, 1.82) is 0 Å². The highest BCUT2D eigenvalue weighted by Crippen LogP contribution is 2.35. The first-order valence-electron chi connectivity index (χ1n) is 7.33. The Labute approximate surface area is 111 Å². The van der Waals surface area contributed by atoms with Gasteiger partial charge in [0.1, 0.15) is 5.82 Å². The van der Waals surface area contributed by atoms with Crippen LogP contribution in [-0.2, 0) is 13.0 Å². The van der Waals surface area contributed by atoms with Crippen molar-refractivity contribution in [3.05, 3.63) is 18.2 Å². The molecule has 0 amide bonds. The average molecular weight is 249 g/mol. The summed E-state index contributed by atoms with van der Waals surface area (Å²) in [5.74, 6) is 2.82. The van der Waals surface area contributed by atoms with Crippen LogP contribution in [0.2, 0.25) is 0 Å². The summed E-state index contributed by atoms with van der Waals surface area (Å²) in [5, 5.41) is 0. The molecule has 3 nitrogen and oxygen atoms in total. The number of rotatable bonds is 4. The molecule has 0 unspecified atom stereocenters. The number of hydrogen-bond donors (Lipinski definition) is 1. The second-order valence-electron chi connectivity index (χ2n) is 6.25. The maximum absolute atomic E-state index is 6.58. The van der Waals surface area contributed by atoms with Crippen LogP contribution in [0.3, 0.4) is 0 Å². The van der Waals surface area contributed by atoms with Crippen LogP contribution in [0.5, 0.6) is 0 Å². The van der Waals surface area contributed by atoms with Crippen LogP contribution in [0, 0.1) is 11.8 Å². The second-order valence-corrected chi connectivity index (χ2v) is 6.25. The largest absolute Gasteiger partial charge is 0.335 e. The van der Waals surface area contributed by atoms with Crippen molar-refractivity contribution in [2.24, 2.45) is 17.6 Å². The summed E-state index contributed by atoms with van der Waals surface area (Å²) in [6, 6.07) is 0. The van der Waals surface area contributed by atoms with Gasteiger partial charge in [-0.25, -0.2) is 4.98 Å². The molecular weight excluding hydrogens is 222 g/mol. The van der Waals surface area contributed by atoms with E-state index in [4.69, 9.17) is 5.73 Å². The first kappa shape index (κ1) is 13.6. The molecule has 1 aliphatic carbocycles. The fraction of sp³-hybridized carbons (Fsp3) is 0.800. The highest BCUT2D eigenvalue weighted by atomic mass is 15.1. The van der Waals surface area contributed by atoms with Gasteiger partial charge in [0, 0.05) is 30.9 Å². The lowest BCUT2D eigenvalue weighted by Crippen LogP contribution is -2.46. The second kappa shape index (κ2) is 5.43. The Morgan fingerprint density at radius 2 is 2.11 bits per heavy atom. The van der Waals surface area contributed by atoms with E-state index in [0.29, 0.717) is 0 Å². The third kappa shape index (κ3) is 2.94. The Balaban J connectivity index is 1.97. The Morgan fingerprint density at radius 1 is 1.44 bits per heavy atom. The molecular formula is C15H27N3. The molecule has 1 aromatic heterocycles. The molecule has 0 aromatic carbocycles. The van der Waals surface area contributed by atoms with Crippen LogP contribution in [-0.4, -0.2) is 15.1 Å². The number of nitrogens with zero attached hydrogens (tertiary/aromatic N) is 2. The van der Waals surface area contributed by atoms with Gasteiger partial charge in [0.05, 0.1) is 0 Å². The van der Waals surface area contributed by atoms with E-state index in [2.05, 4.69) is 36.5 Å². The SMILES string of the molecule is CCn1ccnc1CC1(N)CCC(C(C)C)CC1. The van der Waals surface area contributed by atoms with Crippen molar-refractivity contribution in [2.75, 3.05) is 0 Å². The molecule has 18 heavy (non-hydrogen) atoms. The molecule has 2 N–H and O–H groups in total. The van der Waals surface area contributed by atoms with E-state index in [0.717, 1.165) is 43.5 Å². The minimum atomic E-state index is -0.0241. The van der Waals surface area contributed by atoms with Crippen molar-refractivity contribution in [3.8, 4) is 0 Å². The lowest BCUT2D eigenvalue weighted by Gasteiger charge is -2.38. The molecule has 1 saturated carbocycles. The van der Waals surface area contributed by atoms with E-state index in [1.807, 2.05) is 6.20 Å². The third-order valence-corrected chi connectivity index (χ3v) is 4.62. The van der Waals surface area contributed by atoms with Crippen LogP contribution >= 0.6 is 0 Å². The summed E-state index contributed by atoms with van der Waals surface area (Å²) >= 11 is 0. The number of hydrogen-bond acceptors (Lipinski definition) is 2.